The monoisotopic (exact) mass is 260 g/mol. The minimum absolute atomic E-state index is 0.132. The number of rotatable bonds is 4. The third-order valence-corrected chi connectivity index (χ3v) is 2.70. The van der Waals surface area contributed by atoms with Crippen molar-refractivity contribution in [3.05, 3.63) is 59.6 Å². The van der Waals surface area contributed by atoms with Crippen LogP contribution in [0.2, 0.25) is 5.02 Å². The summed E-state index contributed by atoms with van der Waals surface area (Å²) in [6, 6.07) is 16.7. The molecule has 0 aromatic heterocycles. The van der Waals surface area contributed by atoms with Crippen LogP contribution in [-0.2, 0) is 4.79 Å². The summed E-state index contributed by atoms with van der Waals surface area (Å²) >= 11 is 5.95. The van der Waals surface area contributed by atoms with E-state index in [1.165, 1.54) is 0 Å². The summed E-state index contributed by atoms with van der Waals surface area (Å²) in [5.41, 5.74) is 1.53. The first kappa shape index (κ1) is 12.5. The number of carbonyl (C=O) groups excluding carboxylic acids is 1. The van der Waals surface area contributed by atoms with Crippen molar-refractivity contribution in [3.8, 4) is 0 Å². The highest BCUT2D eigenvalue weighted by molar-refractivity contribution is 6.33. The number of hydrogen-bond donors (Lipinski definition) is 2. The van der Waals surface area contributed by atoms with Crippen LogP contribution < -0.4 is 10.6 Å². The number of nitrogens with one attached hydrogen (secondary N) is 2. The molecule has 0 unspecified atom stereocenters. The van der Waals surface area contributed by atoms with Crippen LogP contribution in [0.25, 0.3) is 0 Å². The van der Waals surface area contributed by atoms with Gasteiger partial charge in [-0.25, -0.2) is 0 Å². The largest absolute Gasteiger partial charge is 0.376 e. The van der Waals surface area contributed by atoms with Crippen LogP contribution in [0.1, 0.15) is 0 Å². The number of para-hydroxylation sites is 2. The Morgan fingerprint density at radius 2 is 1.67 bits per heavy atom. The molecule has 0 radical (unpaired) electrons. The van der Waals surface area contributed by atoms with Crippen molar-refractivity contribution < 1.29 is 4.79 Å². The maximum absolute atomic E-state index is 11.7. The van der Waals surface area contributed by atoms with Gasteiger partial charge < -0.3 is 10.6 Å². The number of amides is 1. The number of carbonyl (C=O) groups is 1. The van der Waals surface area contributed by atoms with Gasteiger partial charge in [0.15, 0.2) is 0 Å². The molecule has 0 atom stereocenters. The van der Waals surface area contributed by atoms with Crippen LogP contribution in [0, 0.1) is 0 Å². The molecule has 0 fully saturated rings. The first-order valence-electron chi connectivity index (χ1n) is 5.59. The molecule has 0 saturated heterocycles. The molecule has 92 valence electrons. The second kappa shape index (κ2) is 6.07. The van der Waals surface area contributed by atoms with E-state index in [9.17, 15) is 4.79 Å². The van der Waals surface area contributed by atoms with E-state index in [2.05, 4.69) is 10.6 Å². The highest BCUT2D eigenvalue weighted by Crippen LogP contribution is 2.20. The van der Waals surface area contributed by atoms with Crippen LogP contribution in [0.3, 0.4) is 0 Å². The Morgan fingerprint density at radius 1 is 1.00 bits per heavy atom. The molecule has 2 N–H and O–H groups in total. The zero-order chi connectivity index (χ0) is 12.8. The van der Waals surface area contributed by atoms with E-state index in [1.807, 2.05) is 42.5 Å². The molecule has 0 spiro atoms. The van der Waals surface area contributed by atoms with Gasteiger partial charge in [-0.05, 0) is 24.3 Å². The molecule has 0 aliphatic heterocycles. The van der Waals surface area contributed by atoms with Crippen molar-refractivity contribution in [1.29, 1.82) is 0 Å². The maximum Gasteiger partial charge on any atom is 0.243 e. The molecule has 2 rings (SSSR count). The van der Waals surface area contributed by atoms with Gasteiger partial charge in [0.1, 0.15) is 0 Å². The summed E-state index contributed by atoms with van der Waals surface area (Å²) in [6.07, 6.45) is 0. The summed E-state index contributed by atoms with van der Waals surface area (Å²) in [5.74, 6) is -0.132. The van der Waals surface area contributed by atoms with Crippen LogP contribution in [0.15, 0.2) is 54.6 Å². The smallest absolute Gasteiger partial charge is 0.243 e. The number of hydrogen-bond acceptors (Lipinski definition) is 2. The lowest BCUT2D eigenvalue weighted by atomic mass is 10.3. The molecule has 0 saturated carbocycles. The predicted octanol–water partition coefficient (Wildman–Crippen LogP) is 3.39. The third kappa shape index (κ3) is 3.50. The molecule has 0 aliphatic carbocycles. The highest BCUT2D eigenvalue weighted by Gasteiger charge is 2.04. The zero-order valence-corrected chi connectivity index (χ0v) is 10.4. The molecular weight excluding hydrogens is 248 g/mol. The Morgan fingerprint density at radius 3 is 2.39 bits per heavy atom. The van der Waals surface area contributed by atoms with E-state index in [0.717, 1.165) is 5.69 Å². The maximum atomic E-state index is 11.7. The lowest BCUT2D eigenvalue weighted by Gasteiger charge is -2.08. The lowest BCUT2D eigenvalue weighted by Crippen LogP contribution is -2.21. The summed E-state index contributed by atoms with van der Waals surface area (Å²) < 4.78 is 0. The van der Waals surface area contributed by atoms with Gasteiger partial charge in [0.05, 0.1) is 17.3 Å². The molecular formula is C14H13ClN2O. The van der Waals surface area contributed by atoms with Gasteiger partial charge in [-0.2, -0.15) is 0 Å². The molecule has 0 aliphatic rings. The summed E-state index contributed by atoms with van der Waals surface area (Å²) in [4.78, 5) is 11.7. The summed E-state index contributed by atoms with van der Waals surface area (Å²) in [6.45, 7) is 0.204. The minimum Gasteiger partial charge on any atom is -0.376 e. The van der Waals surface area contributed by atoms with Gasteiger partial charge in [-0.15, -0.1) is 0 Å². The lowest BCUT2D eigenvalue weighted by molar-refractivity contribution is -0.114. The quantitative estimate of drug-likeness (QED) is 0.885. The standard InChI is InChI=1S/C14H13ClN2O/c15-12-8-4-5-9-13(12)17-14(18)10-16-11-6-2-1-3-7-11/h1-9,16H,10H2,(H,17,18). The number of halogens is 1. The van der Waals surface area contributed by atoms with Crippen LogP contribution in [-0.4, -0.2) is 12.5 Å². The zero-order valence-electron chi connectivity index (χ0n) is 9.69. The van der Waals surface area contributed by atoms with E-state index in [1.54, 1.807) is 12.1 Å². The van der Waals surface area contributed by atoms with Crippen molar-refractivity contribution in [3.63, 3.8) is 0 Å². The Balaban J connectivity index is 1.88. The van der Waals surface area contributed by atoms with Gasteiger partial charge in [0.2, 0.25) is 5.91 Å². The molecule has 2 aromatic carbocycles. The van der Waals surface area contributed by atoms with Crippen LogP contribution in [0.4, 0.5) is 11.4 Å². The number of benzene rings is 2. The van der Waals surface area contributed by atoms with E-state index in [-0.39, 0.29) is 12.5 Å². The van der Waals surface area contributed by atoms with Gasteiger partial charge in [0.25, 0.3) is 0 Å². The van der Waals surface area contributed by atoms with E-state index >= 15 is 0 Å². The van der Waals surface area contributed by atoms with Crippen molar-refractivity contribution in [2.24, 2.45) is 0 Å². The minimum atomic E-state index is -0.132. The summed E-state index contributed by atoms with van der Waals surface area (Å²) in [7, 11) is 0. The molecule has 1 amide bonds. The Hall–Kier alpha value is -2.00. The fourth-order valence-electron chi connectivity index (χ4n) is 1.50. The van der Waals surface area contributed by atoms with Crippen molar-refractivity contribution >= 4 is 28.9 Å². The number of anilines is 2. The molecule has 0 heterocycles. The van der Waals surface area contributed by atoms with Crippen molar-refractivity contribution in [2.75, 3.05) is 17.2 Å². The van der Waals surface area contributed by atoms with Gasteiger partial charge in [0, 0.05) is 5.69 Å². The molecule has 18 heavy (non-hydrogen) atoms. The summed E-state index contributed by atoms with van der Waals surface area (Å²) in [5, 5.41) is 6.31. The average molecular weight is 261 g/mol. The third-order valence-electron chi connectivity index (χ3n) is 2.37. The van der Waals surface area contributed by atoms with E-state index in [4.69, 9.17) is 11.6 Å². The Labute approximate surface area is 111 Å². The van der Waals surface area contributed by atoms with Crippen molar-refractivity contribution in [2.45, 2.75) is 0 Å². The Bertz CT molecular complexity index is 528. The predicted molar refractivity (Wildman–Crippen MR) is 75.0 cm³/mol. The molecule has 4 heteroatoms. The highest BCUT2D eigenvalue weighted by atomic mass is 35.5. The second-order valence-corrected chi connectivity index (χ2v) is 4.15. The van der Waals surface area contributed by atoms with Gasteiger partial charge >= 0.3 is 0 Å². The fourth-order valence-corrected chi connectivity index (χ4v) is 1.68. The topological polar surface area (TPSA) is 41.1 Å². The molecule has 2 aromatic rings. The van der Waals surface area contributed by atoms with Crippen molar-refractivity contribution in [1.82, 2.24) is 0 Å². The normalized spacial score (nSPS) is 9.83. The van der Waals surface area contributed by atoms with E-state index in [0.29, 0.717) is 10.7 Å². The first-order chi connectivity index (χ1) is 8.75. The van der Waals surface area contributed by atoms with Gasteiger partial charge in [-0.1, -0.05) is 41.9 Å². The average Bonchev–Trinajstić information content (AvgIpc) is 2.40. The van der Waals surface area contributed by atoms with E-state index < -0.39 is 0 Å². The Kier molecular flexibility index (Phi) is 4.20. The van der Waals surface area contributed by atoms with Crippen LogP contribution in [0.5, 0.6) is 0 Å². The molecule has 3 nitrogen and oxygen atoms in total. The van der Waals surface area contributed by atoms with Gasteiger partial charge in [-0.3, -0.25) is 4.79 Å². The SMILES string of the molecule is O=C(CNc1ccccc1)Nc1ccccc1Cl. The first-order valence-corrected chi connectivity index (χ1v) is 5.97. The fraction of sp³-hybridized carbons (Fsp3) is 0.0714. The van der Waals surface area contributed by atoms with Crippen LogP contribution >= 0.6 is 11.6 Å². The second-order valence-electron chi connectivity index (χ2n) is 3.75. The molecule has 0 bridgehead atoms.